The van der Waals surface area contributed by atoms with Gasteiger partial charge in [0.15, 0.2) is 5.13 Å². The molecule has 9 heteroatoms. The number of hydrogen-bond donors (Lipinski definition) is 1. The molecule has 2 heterocycles. The predicted molar refractivity (Wildman–Crippen MR) is 124 cm³/mol. The van der Waals surface area contributed by atoms with Crippen molar-refractivity contribution in [1.82, 2.24) is 9.29 Å². The molecule has 0 atom stereocenters. The quantitative estimate of drug-likeness (QED) is 0.574. The van der Waals surface area contributed by atoms with Crippen LogP contribution in [0.2, 0.25) is 5.02 Å². The number of hydrogen-bond acceptors (Lipinski definition) is 5. The summed E-state index contributed by atoms with van der Waals surface area (Å²) < 4.78 is 27.1. The number of piperidine rings is 1. The number of aromatic nitrogens is 1. The van der Waals surface area contributed by atoms with Gasteiger partial charge < -0.3 is 5.32 Å². The highest BCUT2D eigenvalue weighted by atomic mass is 35.5. The zero-order valence-corrected chi connectivity index (χ0v) is 19.3. The molecule has 1 aliphatic rings. The summed E-state index contributed by atoms with van der Waals surface area (Å²) in [5.74, 6) is -0.385. The molecule has 31 heavy (non-hydrogen) atoms. The van der Waals surface area contributed by atoms with Gasteiger partial charge in [0.25, 0.3) is 0 Å². The van der Waals surface area contributed by atoms with Crippen molar-refractivity contribution < 1.29 is 13.2 Å². The third-order valence-electron chi connectivity index (χ3n) is 5.37. The maximum Gasteiger partial charge on any atom is 0.243 e. The highest BCUT2D eigenvalue weighted by Gasteiger charge is 2.32. The summed E-state index contributed by atoms with van der Waals surface area (Å²) in [6.07, 6.45) is 0.944. The first-order valence-corrected chi connectivity index (χ1v) is 12.6. The van der Waals surface area contributed by atoms with Gasteiger partial charge >= 0.3 is 0 Å². The third kappa shape index (κ3) is 4.82. The van der Waals surface area contributed by atoms with Gasteiger partial charge in [-0.25, -0.2) is 13.4 Å². The lowest BCUT2D eigenvalue weighted by Gasteiger charge is -2.30. The van der Waals surface area contributed by atoms with Crippen molar-refractivity contribution in [1.29, 1.82) is 0 Å². The fourth-order valence-electron chi connectivity index (χ4n) is 3.55. The number of nitrogens with one attached hydrogen (secondary N) is 1. The topological polar surface area (TPSA) is 79.4 Å². The van der Waals surface area contributed by atoms with Gasteiger partial charge in [0.2, 0.25) is 15.9 Å². The van der Waals surface area contributed by atoms with Crippen LogP contribution in [0.5, 0.6) is 0 Å². The van der Waals surface area contributed by atoms with Gasteiger partial charge in [-0.15, -0.1) is 11.3 Å². The molecule has 1 aliphatic heterocycles. The minimum atomic E-state index is -3.54. The Kier molecular flexibility index (Phi) is 6.43. The van der Waals surface area contributed by atoms with Crippen molar-refractivity contribution in [3.8, 4) is 11.3 Å². The van der Waals surface area contributed by atoms with Crippen LogP contribution >= 0.6 is 22.9 Å². The number of benzene rings is 2. The fourth-order valence-corrected chi connectivity index (χ4v) is 5.96. The molecule has 1 N–H and O–H groups in total. The van der Waals surface area contributed by atoms with Crippen molar-refractivity contribution in [2.24, 2.45) is 5.92 Å². The molecule has 0 bridgehead atoms. The van der Waals surface area contributed by atoms with Crippen molar-refractivity contribution in [2.45, 2.75) is 24.7 Å². The molecular weight excluding hydrogens is 454 g/mol. The number of nitrogens with zero attached hydrogens (tertiary/aromatic N) is 2. The van der Waals surface area contributed by atoms with E-state index in [1.54, 1.807) is 30.3 Å². The number of carbonyl (C=O) groups excluding carboxylic acids is 1. The van der Waals surface area contributed by atoms with Crippen LogP contribution < -0.4 is 5.32 Å². The summed E-state index contributed by atoms with van der Waals surface area (Å²) in [4.78, 5) is 17.5. The Morgan fingerprint density at radius 2 is 1.81 bits per heavy atom. The minimum Gasteiger partial charge on any atom is -0.302 e. The molecule has 0 spiro atoms. The second-order valence-corrected chi connectivity index (χ2v) is 10.7. The molecule has 0 unspecified atom stereocenters. The molecule has 4 rings (SSSR count). The number of thiazole rings is 1. The normalized spacial score (nSPS) is 15.7. The number of aryl methyl sites for hydroxylation is 1. The third-order valence-corrected chi connectivity index (χ3v) is 8.37. The molecule has 0 aliphatic carbocycles. The van der Waals surface area contributed by atoms with Gasteiger partial charge in [0.05, 0.1) is 10.6 Å². The maximum atomic E-state index is 12.8. The van der Waals surface area contributed by atoms with Crippen molar-refractivity contribution >= 4 is 44.0 Å². The van der Waals surface area contributed by atoms with E-state index in [2.05, 4.69) is 10.3 Å². The second-order valence-electron chi connectivity index (χ2n) is 7.50. The van der Waals surface area contributed by atoms with Crippen LogP contribution in [0.25, 0.3) is 11.3 Å². The van der Waals surface area contributed by atoms with E-state index in [-0.39, 0.29) is 16.7 Å². The van der Waals surface area contributed by atoms with E-state index in [4.69, 9.17) is 11.6 Å². The van der Waals surface area contributed by atoms with Crippen LogP contribution in [-0.2, 0) is 14.8 Å². The van der Waals surface area contributed by atoms with E-state index in [1.165, 1.54) is 15.6 Å². The van der Waals surface area contributed by atoms with Crippen LogP contribution in [0.1, 0.15) is 18.4 Å². The SMILES string of the molecule is Cc1ccc(S(=O)(=O)N2CCC(C(=O)Nc3nc(-c4ccccc4Cl)cs3)CC2)cc1. The minimum absolute atomic E-state index is 0.132. The zero-order chi connectivity index (χ0) is 22.0. The molecule has 1 amide bonds. The Bertz CT molecular complexity index is 1180. The lowest BCUT2D eigenvalue weighted by Crippen LogP contribution is -2.41. The van der Waals surface area contributed by atoms with Crippen LogP contribution in [0.3, 0.4) is 0 Å². The predicted octanol–water partition coefficient (Wildman–Crippen LogP) is 4.81. The molecule has 162 valence electrons. The molecule has 1 saturated heterocycles. The van der Waals surface area contributed by atoms with Crippen LogP contribution in [0, 0.1) is 12.8 Å². The summed E-state index contributed by atoms with van der Waals surface area (Å²) in [5.41, 5.74) is 2.54. The Hall–Kier alpha value is -2.26. The Morgan fingerprint density at radius 1 is 1.13 bits per heavy atom. The van der Waals surface area contributed by atoms with Crippen molar-refractivity contribution in [3.63, 3.8) is 0 Å². The summed E-state index contributed by atoms with van der Waals surface area (Å²) in [6.45, 7) is 2.55. The Morgan fingerprint density at radius 3 is 2.48 bits per heavy atom. The highest BCUT2D eigenvalue weighted by Crippen LogP contribution is 2.31. The largest absolute Gasteiger partial charge is 0.302 e. The summed E-state index contributed by atoms with van der Waals surface area (Å²) in [6, 6.07) is 14.3. The number of carbonyl (C=O) groups is 1. The lowest BCUT2D eigenvalue weighted by molar-refractivity contribution is -0.120. The number of rotatable bonds is 5. The van der Waals surface area contributed by atoms with Gasteiger partial charge in [0.1, 0.15) is 0 Å². The number of amides is 1. The molecule has 2 aromatic carbocycles. The lowest BCUT2D eigenvalue weighted by atomic mass is 9.97. The van der Waals surface area contributed by atoms with E-state index in [0.717, 1.165) is 11.1 Å². The standard InChI is InChI=1S/C22H22ClN3O3S2/c1-15-6-8-17(9-7-15)31(28,29)26-12-10-16(11-13-26)21(27)25-22-24-20(14-30-22)18-4-2-3-5-19(18)23/h2-9,14,16H,10-13H2,1H3,(H,24,25,27). The molecule has 0 saturated carbocycles. The molecular formula is C22H22ClN3O3S2. The Balaban J connectivity index is 1.37. The van der Waals surface area contributed by atoms with E-state index >= 15 is 0 Å². The molecule has 3 aromatic rings. The first kappa shape index (κ1) is 22.0. The molecule has 1 aromatic heterocycles. The van der Waals surface area contributed by atoms with E-state index in [1.807, 2.05) is 30.5 Å². The van der Waals surface area contributed by atoms with E-state index in [0.29, 0.717) is 41.8 Å². The number of halogens is 1. The Labute approximate surface area is 190 Å². The van der Waals surface area contributed by atoms with Crippen molar-refractivity contribution in [3.05, 3.63) is 64.5 Å². The van der Waals surface area contributed by atoms with Gasteiger partial charge in [0, 0.05) is 35.0 Å². The van der Waals surface area contributed by atoms with Gasteiger partial charge in [-0.05, 0) is 38.0 Å². The highest BCUT2D eigenvalue weighted by molar-refractivity contribution is 7.89. The maximum absolute atomic E-state index is 12.8. The average Bonchev–Trinajstić information content (AvgIpc) is 3.22. The summed E-state index contributed by atoms with van der Waals surface area (Å²) >= 11 is 7.56. The monoisotopic (exact) mass is 475 g/mol. The molecule has 1 fully saturated rings. The van der Waals surface area contributed by atoms with Crippen LogP contribution in [0.4, 0.5) is 5.13 Å². The van der Waals surface area contributed by atoms with Gasteiger partial charge in [-0.1, -0.05) is 47.5 Å². The smallest absolute Gasteiger partial charge is 0.243 e. The number of sulfonamides is 1. The second kappa shape index (κ2) is 9.08. The summed E-state index contributed by atoms with van der Waals surface area (Å²) in [5, 5.41) is 5.84. The van der Waals surface area contributed by atoms with Crippen LogP contribution in [0.15, 0.2) is 58.8 Å². The van der Waals surface area contributed by atoms with Crippen LogP contribution in [-0.4, -0.2) is 36.7 Å². The fraction of sp³-hybridized carbons (Fsp3) is 0.273. The van der Waals surface area contributed by atoms with E-state index in [9.17, 15) is 13.2 Å². The molecule has 0 radical (unpaired) electrons. The zero-order valence-electron chi connectivity index (χ0n) is 16.9. The van der Waals surface area contributed by atoms with Gasteiger partial charge in [-0.2, -0.15) is 4.31 Å². The summed E-state index contributed by atoms with van der Waals surface area (Å²) in [7, 11) is -3.54. The molecule has 6 nitrogen and oxygen atoms in total. The van der Waals surface area contributed by atoms with Crippen molar-refractivity contribution in [2.75, 3.05) is 18.4 Å². The average molecular weight is 476 g/mol. The first-order valence-electron chi connectivity index (χ1n) is 9.93. The number of anilines is 1. The van der Waals surface area contributed by atoms with E-state index < -0.39 is 10.0 Å². The van der Waals surface area contributed by atoms with Gasteiger partial charge in [-0.3, -0.25) is 4.79 Å². The first-order chi connectivity index (χ1) is 14.8.